The normalized spacial score (nSPS) is 13.8. The van der Waals surface area contributed by atoms with E-state index in [0.29, 0.717) is 25.5 Å². The zero-order chi connectivity index (χ0) is 21.2. The fraction of sp³-hybridized carbons (Fsp3) is 0.600. The SMILES string of the molecule is CCNC(=NCc1cccc(NC(=O)C(C)CC)c1)NC(C)CCS(C)(=O)=O.I. The lowest BCUT2D eigenvalue weighted by atomic mass is 10.1. The highest BCUT2D eigenvalue weighted by atomic mass is 127. The number of hydrogen-bond acceptors (Lipinski definition) is 4. The van der Waals surface area contributed by atoms with E-state index < -0.39 is 9.84 Å². The minimum Gasteiger partial charge on any atom is -0.357 e. The maximum atomic E-state index is 12.1. The average molecular weight is 538 g/mol. The Hall–Kier alpha value is -1.36. The van der Waals surface area contributed by atoms with Crippen molar-refractivity contribution in [2.24, 2.45) is 10.9 Å². The van der Waals surface area contributed by atoms with Crippen LogP contribution < -0.4 is 16.0 Å². The van der Waals surface area contributed by atoms with Crippen molar-refractivity contribution in [1.82, 2.24) is 10.6 Å². The van der Waals surface area contributed by atoms with Gasteiger partial charge in [-0.15, -0.1) is 24.0 Å². The fourth-order valence-electron chi connectivity index (χ4n) is 2.39. The molecule has 0 bridgehead atoms. The molecule has 0 saturated carbocycles. The van der Waals surface area contributed by atoms with Crippen molar-refractivity contribution >= 4 is 51.4 Å². The summed E-state index contributed by atoms with van der Waals surface area (Å²) in [4.78, 5) is 16.6. The van der Waals surface area contributed by atoms with E-state index in [9.17, 15) is 13.2 Å². The van der Waals surface area contributed by atoms with Crippen LogP contribution in [0.15, 0.2) is 29.3 Å². The summed E-state index contributed by atoms with van der Waals surface area (Å²) in [6.45, 7) is 8.95. The molecule has 3 N–H and O–H groups in total. The summed E-state index contributed by atoms with van der Waals surface area (Å²) in [5.41, 5.74) is 1.74. The van der Waals surface area contributed by atoms with Gasteiger partial charge in [0.15, 0.2) is 5.96 Å². The van der Waals surface area contributed by atoms with Crippen LogP contribution in [-0.4, -0.2) is 44.9 Å². The molecule has 29 heavy (non-hydrogen) atoms. The Balaban J connectivity index is 0.00000784. The van der Waals surface area contributed by atoms with Crippen LogP contribution in [0.1, 0.15) is 46.1 Å². The predicted octanol–water partition coefficient (Wildman–Crippen LogP) is 3.17. The van der Waals surface area contributed by atoms with Crippen molar-refractivity contribution in [3.05, 3.63) is 29.8 Å². The molecule has 0 heterocycles. The van der Waals surface area contributed by atoms with Crippen LogP contribution >= 0.6 is 24.0 Å². The molecule has 1 aromatic rings. The first-order valence-corrected chi connectivity index (χ1v) is 11.8. The second-order valence-corrected chi connectivity index (χ2v) is 9.42. The van der Waals surface area contributed by atoms with Gasteiger partial charge in [0.05, 0.1) is 12.3 Å². The molecule has 0 aromatic heterocycles. The number of sulfone groups is 1. The molecule has 2 unspecified atom stereocenters. The molecule has 1 aromatic carbocycles. The monoisotopic (exact) mass is 538 g/mol. The van der Waals surface area contributed by atoms with Gasteiger partial charge >= 0.3 is 0 Å². The Bertz CT molecular complexity index is 769. The first-order valence-electron chi connectivity index (χ1n) is 9.77. The lowest BCUT2D eigenvalue weighted by Gasteiger charge is -2.17. The van der Waals surface area contributed by atoms with Gasteiger partial charge in [0.2, 0.25) is 5.91 Å². The molecule has 0 aliphatic heterocycles. The van der Waals surface area contributed by atoms with Crippen molar-refractivity contribution < 1.29 is 13.2 Å². The highest BCUT2D eigenvalue weighted by Crippen LogP contribution is 2.14. The number of benzene rings is 1. The van der Waals surface area contributed by atoms with E-state index in [4.69, 9.17) is 0 Å². The Morgan fingerprint density at radius 3 is 2.48 bits per heavy atom. The lowest BCUT2D eigenvalue weighted by Crippen LogP contribution is -2.42. The highest BCUT2D eigenvalue weighted by molar-refractivity contribution is 14.0. The third-order valence-electron chi connectivity index (χ3n) is 4.32. The first-order chi connectivity index (χ1) is 13.1. The molecule has 0 spiro atoms. The van der Waals surface area contributed by atoms with Gasteiger partial charge in [-0.25, -0.2) is 13.4 Å². The minimum absolute atomic E-state index is 0. The number of guanidine groups is 1. The van der Waals surface area contributed by atoms with Crippen LogP contribution in [0.3, 0.4) is 0 Å². The standard InChI is InChI=1S/C20H34N4O3S.HI/c1-6-15(3)19(25)24-18-10-8-9-17(13-18)14-22-20(21-7-2)23-16(4)11-12-28(5,26)27;/h8-10,13,15-16H,6-7,11-12,14H2,1-5H3,(H,24,25)(H2,21,22,23);1H. The van der Waals surface area contributed by atoms with Gasteiger partial charge in [-0.05, 0) is 44.4 Å². The van der Waals surface area contributed by atoms with E-state index in [1.807, 2.05) is 52.0 Å². The number of carbonyl (C=O) groups is 1. The van der Waals surface area contributed by atoms with E-state index in [-0.39, 0.29) is 47.6 Å². The van der Waals surface area contributed by atoms with Gasteiger partial charge in [-0.3, -0.25) is 4.79 Å². The Morgan fingerprint density at radius 1 is 1.21 bits per heavy atom. The lowest BCUT2D eigenvalue weighted by molar-refractivity contribution is -0.119. The molecule has 0 radical (unpaired) electrons. The van der Waals surface area contributed by atoms with Crippen LogP contribution in [-0.2, 0) is 21.2 Å². The van der Waals surface area contributed by atoms with Crippen molar-refractivity contribution in [3.63, 3.8) is 0 Å². The van der Waals surface area contributed by atoms with Gasteiger partial charge in [0.1, 0.15) is 9.84 Å². The van der Waals surface area contributed by atoms with Gasteiger partial charge in [-0.2, -0.15) is 0 Å². The van der Waals surface area contributed by atoms with E-state index in [1.54, 1.807) is 0 Å². The van der Waals surface area contributed by atoms with Gasteiger partial charge in [0, 0.05) is 30.4 Å². The van der Waals surface area contributed by atoms with E-state index in [2.05, 4.69) is 20.9 Å². The summed E-state index contributed by atoms with van der Waals surface area (Å²) in [7, 11) is -2.98. The number of rotatable bonds is 10. The van der Waals surface area contributed by atoms with Crippen LogP contribution in [0.25, 0.3) is 0 Å². The summed E-state index contributed by atoms with van der Waals surface area (Å²) in [5.74, 6) is 0.758. The predicted molar refractivity (Wildman–Crippen MR) is 132 cm³/mol. The number of anilines is 1. The minimum atomic E-state index is -2.98. The number of nitrogens with one attached hydrogen (secondary N) is 3. The molecule has 0 saturated heterocycles. The number of hydrogen-bond donors (Lipinski definition) is 3. The summed E-state index contributed by atoms with van der Waals surface area (Å²) >= 11 is 0. The Kier molecular flexibility index (Phi) is 13.1. The first kappa shape index (κ1) is 27.6. The molecule has 0 fully saturated rings. The van der Waals surface area contributed by atoms with Gasteiger partial charge < -0.3 is 16.0 Å². The van der Waals surface area contributed by atoms with Crippen molar-refractivity contribution in [2.45, 2.75) is 53.1 Å². The van der Waals surface area contributed by atoms with E-state index >= 15 is 0 Å². The summed E-state index contributed by atoms with van der Waals surface area (Å²) in [6, 6.07) is 7.62. The van der Waals surface area contributed by atoms with E-state index in [1.165, 1.54) is 6.26 Å². The maximum absolute atomic E-state index is 12.1. The molecular formula is C20H35IN4O3S. The molecule has 166 valence electrons. The Labute approximate surface area is 192 Å². The number of amides is 1. The molecule has 0 aliphatic rings. The fourth-order valence-corrected chi connectivity index (χ4v) is 3.17. The molecule has 1 rings (SSSR count). The average Bonchev–Trinajstić information content (AvgIpc) is 2.63. The van der Waals surface area contributed by atoms with Gasteiger partial charge in [-0.1, -0.05) is 26.0 Å². The van der Waals surface area contributed by atoms with Crippen molar-refractivity contribution in [2.75, 3.05) is 23.9 Å². The molecular weight excluding hydrogens is 503 g/mol. The molecule has 0 aliphatic carbocycles. The summed E-state index contributed by atoms with van der Waals surface area (Å²) in [5, 5.41) is 9.34. The summed E-state index contributed by atoms with van der Waals surface area (Å²) < 4.78 is 22.6. The number of nitrogens with zero attached hydrogens (tertiary/aromatic N) is 1. The van der Waals surface area contributed by atoms with E-state index in [0.717, 1.165) is 17.7 Å². The van der Waals surface area contributed by atoms with Crippen LogP contribution in [0.5, 0.6) is 0 Å². The third kappa shape index (κ3) is 12.0. The maximum Gasteiger partial charge on any atom is 0.227 e. The third-order valence-corrected chi connectivity index (χ3v) is 5.30. The van der Waals surface area contributed by atoms with Gasteiger partial charge in [0.25, 0.3) is 0 Å². The second-order valence-electron chi connectivity index (χ2n) is 7.16. The molecule has 2 atom stereocenters. The second kappa shape index (κ2) is 13.8. The Morgan fingerprint density at radius 2 is 1.90 bits per heavy atom. The summed E-state index contributed by atoms with van der Waals surface area (Å²) in [6.07, 6.45) is 2.55. The zero-order valence-electron chi connectivity index (χ0n) is 18.0. The molecule has 7 nitrogen and oxygen atoms in total. The topological polar surface area (TPSA) is 99.7 Å². The smallest absolute Gasteiger partial charge is 0.227 e. The van der Waals surface area contributed by atoms with Crippen molar-refractivity contribution in [1.29, 1.82) is 0 Å². The molecule has 1 amide bonds. The van der Waals surface area contributed by atoms with Crippen LogP contribution in [0.2, 0.25) is 0 Å². The number of halogens is 1. The molecule has 9 heteroatoms. The number of carbonyl (C=O) groups excluding carboxylic acids is 1. The van der Waals surface area contributed by atoms with Crippen LogP contribution in [0, 0.1) is 5.92 Å². The quantitative estimate of drug-likeness (QED) is 0.242. The largest absolute Gasteiger partial charge is 0.357 e. The van der Waals surface area contributed by atoms with Crippen molar-refractivity contribution in [3.8, 4) is 0 Å². The highest BCUT2D eigenvalue weighted by Gasteiger charge is 2.11. The zero-order valence-corrected chi connectivity index (χ0v) is 21.1. The number of aliphatic imine (C=N–C) groups is 1. The van der Waals surface area contributed by atoms with Crippen LogP contribution in [0.4, 0.5) is 5.69 Å².